The molecule has 0 bridgehead atoms. The van der Waals surface area contributed by atoms with Gasteiger partial charge in [-0.1, -0.05) is 84.0 Å². The Morgan fingerprint density at radius 3 is 2.73 bits per heavy atom. The summed E-state index contributed by atoms with van der Waals surface area (Å²) in [5, 5.41) is 16.5. The van der Waals surface area contributed by atoms with Crippen LogP contribution in [0.15, 0.2) is 83.3 Å². The number of nitrogens with zero attached hydrogens (tertiary/aromatic N) is 4. The second kappa shape index (κ2) is 7.72. The average Bonchev–Trinajstić information content (AvgIpc) is 3.13. The third-order valence-corrected chi connectivity index (χ3v) is 5.31. The van der Waals surface area contributed by atoms with Gasteiger partial charge in [0, 0.05) is 16.3 Å². The second-order valence-corrected chi connectivity index (χ2v) is 7.00. The van der Waals surface area contributed by atoms with Crippen LogP contribution >= 0.6 is 23.4 Å². The van der Waals surface area contributed by atoms with Crippen LogP contribution in [-0.2, 0) is 5.75 Å². The van der Waals surface area contributed by atoms with Gasteiger partial charge in [-0.15, -0.1) is 10.2 Å². The Hall–Kier alpha value is -2.63. The first-order valence-corrected chi connectivity index (χ1v) is 9.46. The number of benzene rings is 3. The first kappa shape index (κ1) is 16.8. The lowest BCUT2D eigenvalue weighted by molar-refractivity contribution is 0.767. The van der Waals surface area contributed by atoms with Crippen LogP contribution in [0, 0.1) is 0 Å². The molecule has 0 saturated heterocycles. The molecule has 1 aromatic heterocycles. The average molecular weight is 379 g/mol. The molecule has 26 heavy (non-hydrogen) atoms. The maximum atomic E-state index is 6.22. The highest BCUT2D eigenvalue weighted by Gasteiger charge is 2.07. The Balaban J connectivity index is 1.55. The molecule has 0 aliphatic carbocycles. The quantitative estimate of drug-likeness (QED) is 0.351. The summed E-state index contributed by atoms with van der Waals surface area (Å²) in [5.74, 6) is 0.710. The number of thioether (sulfide) groups is 1. The largest absolute Gasteiger partial charge is 0.212 e. The van der Waals surface area contributed by atoms with E-state index in [9.17, 15) is 0 Å². The molecule has 3 aromatic carbocycles. The predicted molar refractivity (Wildman–Crippen MR) is 108 cm³/mol. The van der Waals surface area contributed by atoms with Crippen LogP contribution in [0.25, 0.3) is 10.8 Å². The van der Waals surface area contributed by atoms with Crippen molar-refractivity contribution in [3.05, 3.63) is 89.2 Å². The monoisotopic (exact) mass is 378 g/mol. The van der Waals surface area contributed by atoms with Gasteiger partial charge >= 0.3 is 0 Å². The van der Waals surface area contributed by atoms with E-state index in [2.05, 4.69) is 33.5 Å². The number of aromatic nitrogens is 3. The molecule has 0 aliphatic heterocycles. The van der Waals surface area contributed by atoms with Gasteiger partial charge in [-0.3, -0.25) is 0 Å². The standard InChI is InChI=1S/C20H15ClN4S/c21-19-11-4-2-7-17(19)13-26-20-24-22-14-25(20)23-12-16-9-5-8-15-6-1-3-10-18(15)16/h1-12,14H,13H2/b23-12-. The third-order valence-electron chi connectivity index (χ3n) is 3.96. The van der Waals surface area contributed by atoms with Crippen molar-refractivity contribution in [1.29, 1.82) is 0 Å². The van der Waals surface area contributed by atoms with Crippen LogP contribution in [0.2, 0.25) is 5.02 Å². The van der Waals surface area contributed by atoms with Gasteiger partial charge in [-0.25, -0.2) is 0 Å². The van der Waals surface area contributed by atoms with E-state index in [0.29, 0.717) is 5.75 Å². The van der Waals surface area contributed by atoms with Gasteiger partial charge < -0.3 is 0 Å². The summed E-state index contributed by atoms with van der Waals surface area (Å²) >= 11 is 7.77. The first-order valence-electron chi connectivity index (χ1n) is 8.09. The normalized spacial score (nSPS) is 11.4. The second-order valence-electron chi connectivity index (χ2n) is 5.65. The molecule has 0 saturated carbocycles. The molecule has 0 radical (unpaired) electrons. The minimum Gasteiger partial charge on any atom is -0.195 e. The molecular formula is C20H15ClN4S. The Bertz CT molecular complexity index is 1070. The van der Waals surface area contributed by atoms with E-state index in [0.717, 1.165) is 26.7 Å². The van der Waals surface area contributed by atoms with Crippen molar-refractivity contribution < 1.29 is 0 Å². The van der Waals surface area contributed by atoms with Crippen LogP contribution in [0.4, 0.5) is 0 Å². The van der Waals surface area contributed by atoms with Gasteiger partial charge in [0.25, 0.3) is 0 Å². The van der Waals surface area contributed by atoms with Crippen LogP contribution in [0.3, 0.4) is 0 Å². The zero-order valence-corrected chi connectivity index (χ0v) is 15.4. The lowest BCUT2D eigenvalue weighted by Crippen LogP contribution is -1.93. The molecule has 0 N–H and O–H groups in total. The summed E-state index contributed by atoms with van der Waals surface area (Å²) < 4.78 is 1.68. The molecule has 0 spiro atoms. The van der Waals surface area contributed by atoms with E-state index in [-0.39, 0.29) is 0 Å². The Morgan fingerprint density at radius 1 is 1.00 bits per heavy atom. The SMILES string of the molecule is Clc1ccccc1CSc1nncn1/N=C\c1cccc2ccccc12. The number of hydrogen-bond acceptors (Lipinski definition) is 4. The smallest absolute Gasteiger partial charge is 0.195 e. The van der Waals surface area contributed by atoms with Crippen molar-refractivity contribution in [1.82, 2.24) is 14.9 Å². The van der Waals surface area contributed by atoms with E-state index in [1.807, 2.05) is 54.7 Å². The summed E-state index contributed by atoms with van der Waals surface area (Å²) in [6.45, 7) is 0. The van der Waals surface area contributed by atoms with Crippen molar-refractivity contribution in [2.24, 2.45) is 5.10 Å². The van der Waals surface area contributed by atoms with Crippen LogP contribution in [0.5, 0.6) is 0 Å². The van der Waals surface area contributed by atoms with E-state index in [4.69, 9.17) is 11.6 Å². The molecule has 0 amide bonds. The van der Waals surface area contributed by atoms with Gasteiger partial charge in [0.1, 0.15) is 6.33 Å². The lowest BCUT2D eigenvalue weighted by Gasteiger charge is -2.04. The number of hydrogen-bond donors (Lipinski definition) is 0. The van der Waals surface area contributed by atoms with E-state index in [1.54, 1.807) is 22.8 Å². The summed E-state index contributed by atoms with van der Waals surface area (Å²) in [5.41, 5.74) is 2.12. The van der Waals surface area contributed by atoms with Crippen molar-refractivity contribution in [3.8, 4) is 0 Å². The van der Waals surface area contributed by atoms with Crippen molar-refractivity contribution in [2.45, 2.75) is 10.9 Å². The number of halogens is 1. The van der Waals surface area contributed by atoms with Crippen molar-refractivity contribution in [3.63, 3.8) is 0 Å². The summed E-state index contributed by atoms with van der Waals surface area (Å²) in [6, 6.07) is 22.2. The first-order chi connectivity index (χ1) is 12.8. The third kappa shape index (κ3) is 3.64. The Labute approximate surface area is 160 Å². The number of rotatable bonds is 5. The molecule has 0 unspecified atom stereocenters. The zero-order valence-electron chi connectivity index (χ0n) is 13.8. The highest BCUT2D eigenvalue weighted by atomic mass is 35.5. The number of fused-ring (bicyclic) bond motifs is 1. The van der Waals surface area contributed by atoms with E-state index >= 15 is 0 Å². The molecule has 0 fully saturated rings. The minimum atomic E-state index is 0.710. The predicted octanol–water partition coefficient (Wildman–Crippen LogP) is 5.26. The van der Waals surface area contributed by atoms with Crippen molar-refractivity contribution >= 4 is 40.3 Å². The molecule has 1 heterocycles. The Morgan fingerprint density at radius 2 is 1.81 bits per heavy atom. The van der Waals surface area contributed by atoms with Gasteiger partial charge in [0.05, 0.1) is 6.21 Å². The zero-order chi connectivity index (χ0) is 17.8. The maximum Gasteiger partial charge on any atom is 0.212 e. The summed E-state index contributed by atoms with van der Waals surface area (Å²) in [7, 11) is 0. The summed E-state index contributed by atoms with van der Waals surface area (Å²) in [6.07, 6.45) is 3.45. The fourth-order valence-corrected chi connectivity index (χ4v) is 3.79. The van der Waals surface area contributed by atoms with Gasteiger partial charge in [-0.2, -0.15) is 9.78 Å². The molecule has 6 heteroatoms. The highest BCUT2D eigenvalue weighted by Crippen LogP contribution is 2.25. The lowest BCUT2D eigenvalue weighted by atomic mass is 10.1. The summed E-state index contributed by atoms with van der Waals surface area (Å²) in [4.78, 5) is 0. The fraction of sp³-hybridized carbons (Fsp3) is 0.0500. The maximum absolute atomic E-state index is 6.22. The van der Waals surface area contributed by atoms with Gasteiger partial charge in [0.2, 0.25) is 5.16 Å². The fourth-order valence-electron chi connectivity index (χ4n) is 2.64. The Kier molecular flexibility index (Phi) is 5.00. The molecule has 4 aromatic rings. The molecule has 0 aliphatic rings. The van der Waals surface area contributed by atoms with Gasteiger partial charge in [0.15, 0.2) is 0 Å². The van der Waals surface area contributed by atoms with E-state index < -0.39 is 0 Å². The highest BCUT2D eigenvalue weighted by molar-refractivity contribution is 7.98. The molecule has 4 nitrogen and oxygen atoms in total. The van der Waals surface area contributed by atoms with Crippen molar-refractivity contribution in [2.75, 3.05) is 0 Å². The van der Waals surface area contributed by atoms with Crippen LogP contribution in [-0.4, -0.2) is 21.1 Å². The van der Waals surface area contributed by atoms with Crippen LogP contribution in [0.1, 0.15) is 11.1 Å². The topological polar surface area (TPSA) is 43.1 Å². The molecule has 0 atom stereocenters. The van der Waals surface area contributed by atoms with E-state index in [1.165, 1.54) is 5.39 Å². The van der Waals surface area contributed by atoms with Gasteiger partial charge in [-0.05, 0) is 22.4 Å². The minimum absolute atomic E-state index is 0.710. The molecular weight excluding hydrogens is 364 g/mol. The molecule has 4 rings (SSSR count). The van der Waals surface area contributed by atoms with Crippen LogP contribution < -0.4 is 0 Å². The molecule has 128 valence electrons.